The average molecular weight is 332 g/mol. The van der Waals surface area contributed by atoms with Gasteiger partial charge in [-0.3, -0.25) is 0 Å². The summed E-state index contributed by atoms with van der Waals surface area (Å²) in [5.41, 5.74) is 1.64. The summed E-state index contributed by atoms with van der Waals surface area (Å²) in [6, 6.07) is 6.24. The van der Waals surface area contributed by atoms with Gasteiger partial charge in [0, 0.05) is 30.6 Å². The number of para-hydroxylation sites is 1. The molecule has 1 atom stereocenters. The number of ether oxygens (including phenoxy) is 2. The third-order valence-corrected chi connectivity index (χ3v) is 4.68. The van der Waals surface area contributed by atoms with Gasteiger partial charge >= 0.3 is 6.09 Å². The van der Waals surface area contributed by atoms with Crippen molar-refractivity contribution in [3.63, 3.8) is 0 Å². The fraction of sp³-hybridized carbons (Fsp3) is 0.632. The molecule has 2 aliphatic heterocycles. The summed E-state index contributed by atoms with van der Waals surface area (Å²) in [5, 5.41) is 3.39. The van der Waals surface area contributed by atoms with E-state index < -0.39 is 5.60 Å². The number of benzene rings is 1. The normalized spacial score (nSPS) is 23.8. The first-order valence-corrected chi connectivity index (χ1v) is 8.77. The molecule has 0 bridgehead atoms. The van der Waals surface area contributed by atoms with Crippen molar-refractivity contribution in [2.45, 2.75) is 51.6 Å². The summed E-state index contributed by atoms with van der Waals surface area (Å²) in [6.45, 7) is 10.8. The first-order chi connectivity index (χ1) is 11.3. The molecule has 0 radical (unpaired) electrons. The van der Waals surface area contributed by atoms with Crippen molar-refractivity contribution in [3.8, 4) is 5.75 Å². The average Bonchev–Trinajstić information content (AvgIpc) is 2.53. The fourth-order valence-electron chi connectivity index (χ4n) is 3.59. The minimum atomic E-state index is -0.468. The van der Waals surface area contributed by atoms with Crippen molar-refractivity contribution in [1.82, 2.24) is 4.90 Å². The van der Waals surface area contributed by atoms with Crippen LogP contribution in [0.2, 0.25) is 0 Å². The second-order valence-electron chi connectivity index (χ2n) is 8.02. The molecule has 1 aromatic rings. The number of hydrogen-bond acceptors (Lipinski definition) is 4. The molecule has 132 valence electrons. The van der Waals surface area contributed by atoms with E-state index in [1.165, 1.54) is 5.56 Å². The molecule has 5 heteroatoms. The number of anilines is 1. The van der Waals surface area contributed by atoms with Crippen molar-refractivity contribution in [2.24, 2.45) is 0 Å². The van der Waals surface area contributed by atoms with Crippen LogP contribution >= 0.6 is 0 Å². The van der Waals surface area contributed by atoms with Crippen LogP contribution in [0.5, 0.6) is 5.75 Å². The number of nitrogens with one attached hydrogen (secondary N) is 1. The zero-order valence-corrected chi connectivity index (χ0v) is 15.1. The lowest BCUT2D eigenvalue weighted by molar-refractivity contribution is 0.0144. The van der Waals surface area contributed by atoms with E-state index in [2.05, 4.69) is 30.4 Å². The Hall–Kier alpha value is -1.91. The van der Waals surface area contributed by atoms with Crippen LogP contribution in [0.1, 0.15) is 46.1 Å². The van der Waals surface area contributed by atoms with E-state index in [-0.39, 0.29) is 11.5 Å². The standard InChI is InChI=1S/C19H28N2O3/c1-18(2,3)24-17(22)21-11-6-9-19(4,13-21)14-7-5-8-15-16(14)23-12-10-20-15/h5,7-8,20H,6,9-13H2,1-4H3/t19-/m1/s1. The van der Waals surface area contributed by atoms with Crippen molar-refractivity contribution in [1.29, 1.82) is 0 Å². The van der Waals surface area contributed by atoms with Crippen LogP contribution < -0.4 is 10.1 Å². The largest absolute Gasteiger partial charge is 0.489 e. The van der Waals surface area contributed by atoms with E-state index in [9.17, 15) is 4.79 Å². The summed E-state index contributed by atoms with van der Waals surface area (Å²) >= 11 is 0. The van der Waals surface area contributed by atoms with Gasteiger partial charge in [0.15, 0.2) is 0 Å². The lowest BCUT2D eigenvalue weighted by atomic mass is 9.75. The van der Waals surface area contributed by atoms with Gasteiger partial charge in [-0.05, 0) is 39.7 Å². The third kappa shape index (κ3) is 3.45. The zero-order chi connectivity index (χ0) is 17.4. The Balaban J connectivity index is 1.84. The Kier molecular flexibility index (Phi) is 4.37. The Bertz CT molecular complexity index is 624. The fourth-order valence-corrected chi connectivity index (χ4v) is 3.59. The minimum Gasteiger partial charge on any atom is -0.489 e. The number of nitrogens with zero attached hydrogens (tertiary/aromatic N) is 1. The van der Waals surface area contributed by atoms with Crippen molar-refractivity contribution >= 4 is 11.8 Å². The van der Waals surface area contributed by atoms with Gasteiger partial charge in [0.05, 0.1) is 5.69 Å². The third-order valence-electron chi connectivity index (χ3n) is 4.68. The lowest BCUT2D eigenvalue weighted by Crippen LogP contribution is -2.48. The van der Waals surface area contributed by atoms with E-state index in [0.29, 0.717) is 13.2 Å². The highest BCUT2D eigenvalue weighted by Gasteiger charge is 2.38. The number of rotatable bonds is 1. The van der Waals surface area contributed by atoms with Crippen molar-refractivity contribution < 1.29 is 14.3 Å². The SMILES string of the molecule is CC(C)(C)OC(=O)N1CCC[C@@](C)(c2cccc3c2OCCN3)C1. The van der Waals surface area contributed by atoms with E-state index >= 15 is 0 Å². The molecule has 1 amide bonds. The summed E-state index contributed by atoms with van der Waals surface area (Å²) in [6.07, 6.45) is 1.77. The highest BCUT2D eigenvalue weighted by atomic mass is 16.6. The predicted octanol–water partition coefficient (Wildman–Crippen LogP) is 3.78. The molecule has 2 aliphatic rings. The van der Waals surface area contributed by atoms with Crippen LogP contribution in [0.15, 0.2) is 18.2 Å². The number of carbonyl (C=O) groups is 1. The molecule has 0 aliphatic carbocycles. The second-order valence-corrected chi connectivity index (χ2v) is 8.02. The van der Waals surface area contributed by atoms with E-state index in [1.54, 1.807) is 0 Å². The summed E-state index contributed by atoms with van der Waals surface area (Å²) in [4.78, 5) is 14.3. The monoisotopic (exact) mass is 332 g/mol. The Morgan fingerprint density at radius 1 is 1.38 bits per heavy atom. The Morgan fingerprint density at radius 2 is 2.17 bits per heavy atom. The molecule has 3 rings (SSSR count). The van der Waals surface area contributed by atoms with Gasteiger partial charge in [0.2, 0.25) is 0 Å². The molecule has 1 N–H and O–H groups in total. The smallest absolute Gasteiger partial charge is 0.410 e. The van der Waals surface area contributed by atoms with Crippen LogP contribution in [-0.2, 0) is 10.2 Å². The topological polar surface area (TPSA) is 50.8 Å². The summed E-state index contributed by atoms with van der Waals surface area (Å²) in [7, 11) is 0. The molecule has 0 saturated carbocycles. The van der Waals surface area contributed by atoms with Gasteiger partial charge in [-0.2, -0.15) is 0 Å². The van der Waals surface area contributed by atoms with Crippen LogP contribution in [0.4, 0.5) is 10.5 Å². The molecule has 24 heavy (non-hydrogen) atoms. The van der Waals surface area contributed by atoms with Crippen LogP contribution in [-0.4, -0.2) is 42.8 Å². The molecular formula is C19H28N2O3. The minimum absolute atomic E-state index is 0.125. The molecule has 5 nitrogen and oxygen atoms in total. The number of likely N-dealkylation sites (tertiary alicyclic amines) is 1. The zero-order valence-electron chi connectivity index (χ0n) is 15.1. The quantitative estimate of drug-likeness (QED) is 0.850. The highest BCUT2D eigenvalue weighted by Crippen LogP contribution is 2.43. The summed E-state index contributed by atoms with van der Waals surface area (Å²) in [5.74, 6) is 0.942. The summed E-state index contributed by atoms with van der Waals surface area (Å²) < 4.78 is 11.5. The van der Waals surface area contributed by atoms with Crippen LogP contribution in [0.3, 0.4) is 0 Å². The van der Waals surface area contributed by atoms with Gasteiger partial charge in [-0.15, -0.1) is 0 Å². The number of amides is 1. The first kappa shape index (κ1) is 16.9. The first-order valence-electron chi connectivity index (χ1n) is 8.77. The number of fused-ring (bicyclic) bond motifs is 1. The predicted molar refractivity (Wildman–Crippen MR) is 94.8 cm³/mol. The van der Waals surface area contributed by atoms with Crippen molar-refractivity contribution in [2.75, 3.05) is 31.6 Å². The lowest BCUT2D eigenvalue weighted by Gasteiger charge is -2.42. The van der Waals surface area contributed by atoms with Crippen LogP contribution in [0.25, 0.3) is 0 Å². The number of carbonyl (C=O) groups excluding carboxylic acids is 1. The van der Waals surface area contributed by atoms with Gasteiger partial charge < -0.3 is 19.7 Å². The maximum absolute atomic E-state index is 12.5. The molecule has 0 spiro atoms. The van der Waals surface area contributed by atoms with E-state index in [1.807, 2.05) is 25.7 Å². The van der Waals surface area contributed by atoms with E-state index in [4.69, 9.17) is 9.47 Å². The Labute approximate surface area is 144 Å². The molecule has 2 heterocycles. The molecule has 1 aromatic carbocycles. The van der Waals surface area contributed by atoms with Gasteiger partial charge in [0.1, 0.15) is 18.0 Å². The van der Waals surface area contributed by atoms with Gasteiger partial charge in [-0.25, -0.2) is 4.79 Å². The molecule has 0 aromatic heterocycles. The Morgan fingerprint density at radius 3 is 2.92 bits per heavy atom. The molecule has 0 unspecified atom stereocenters. The maximum Gasteiger partial charge on any atom is 0.410 e. The number of hydrogen-bond donors (Lipinski definition) is 1. The van der Waals surface area contributed by atoms with E-state index in [0.717, 1.165) is 37.4 Å². The maximum atomic E-state index is 12.5. The number of piperidine rings is 1. The highest BCUT2D eigenvalue weighted by molar-refractivity contribution is 5.69. The second kappa shape index (κ2) is 6.19. The molecule has 1 fully saturated rings. The molecule has 1 saturated heterocycles. The van der Waals surface area contributed by atoms with Crippen molar-refractivity contribution in [3.05, 3.63) is 23.8 Å². The molecular weight excluding hydrogens is 304 g/mol. The van der Waals surface area contributed by atoms with Gasteiger partial charge in [-0.1, -0.05) is 19.1 Å². The van der Waals surface area contributed by atoms with Gasteiger partial charge in [0.25, 0.3) is 0 Å². The van der Waals surface area contributed by atoms with Crippen LogP contribution in [0, 0.1) is 0 Å².